The second-order valence-corrected chi connectivity index (χ2v) is 9.20. The third kappa shape index (κ3) is 11.7. The maximum atomic E-state index is 9.36. The summed E-state index contributed by atoms with van der Waals surface area (Å²) in [5.41, 5.74) is 4.99. The van der Waals surface area contributed by atoms with Crippen molar-refractivity contribution in [3.63, 3.8) is 0 Å². The topological polar surface area (TPSA) is 20.2 Å². The molecule has 4 rings (SSSR count). The Balaban J connectivity index is 0.000000493. The summed E-state index contributed by atoms with van der Waals surface area (Å²) in [6.07, 6.45) is 10.0. The number of halogens is 2. The van der Waals surface area contributed by atoms with Crippen LogP contribution < -0.4 is 24.8 Å². The van der Waals surface area contributed by atoms with Gasteiger partial charge in [-0.05, 0) is 35.6 Å². The monoisotopic (exact) mass is 513 g/mol. The summed E-state index contributed by atoms with van der Waals surface area (Å²) in [6.45, 7) is 8.42. The average Bonchev–Trinajstić information content (AvgIpc) is 3.34. The first-order valence-electron chi connectivity index (χ1n) is 10.5. The van der Waals surface area contributed by atoms with Gasteiger partial charge in [-0.25, -0.2) is 12.2 Å². The first-order valence-corrected chi connectivity index (χ1v) is 11.3. The first kappa shape index (κ1) is 31.1. The molecule has 0 aliphatic heterocycles. The summed E-state index contributed by atoms with van der Waals surface area (Å²) in [5, 5.41) is 9.36. The normalized spacial score (nSPS) is 11.1. The van der Waals surface area contributed by atoms with Crippen molar-refractivity contribution in [3.05, 3.63) is 125 Å². The van der Waals surface area contributed by atoms with Gasteiger partial charge in [0.2, 0.25) is 0 Å². The number of phenolic OH excluding ortho intramolecular Hbond substituents is 1. The fourth-order valence-electron chi connectivity index (χ4n) is 2.91. The maximum absolute atomic E-state index is 9.36. The number of aryl methyl sites for hydroxylation is 1. The zero-order valence-electron chi connectivity index (χ0n) is 19.6. The van der Waals surface area contributed by atoms with E-state index in [1.807, 2.05) is 37.3 Å². The van der Waals surface area contributed by atoms with Crippen LogP contribution in [0.2, 0.25) is 0 Å². The Morgan fingerprint density at radius 3 is 1.70 bits per heavy atom. The molecule has 0 aromatic heterocycles. The predicted octanol–water partition coefficient (Wildman–Crippen LogP) is 1.11. The molecule has 0 bridgehead atoms. The molecular formula is C29H31Cl2OTi-2. The van der Waals surface area contributed by atoms with Crippen LogP contribution >= 0.6 is 0 Å². The summed E-state index contributed by atoms with van der Waals surface area (Å²) >= 11 is 2.16. The minimum atomic E-state index is 0. The van der Waals surface area contributed by atoms with Gasteiger partial charge < -0.3 is 29.9 Å². The molecule has 3 aromatic carbocycles. The molecule has 0 radical (unpaired) electrons. The van der Waals surface area contributed by atoms with E-state index < -0.39 is 0 Å². The number of hydrogen-bond donors (Lipinski definition) is 1. The minimum absolute atomic E-state index is 0. The van der Waals surface area contributed by atoms with E-state index in [9.17, 15) is 5.11 Å². The Morgan fingerprint density at radius 1 is 0.848 bits per heavy atom. The Bertz CT molecular complexity index is 949. The molecule has 173 valence electrons. The van der Waals surface area contributed by atoms with E-state index >= 15 is 0 Å². The van der Waals surface area contributed by atoms with E-state index in [1.54, 1.807) is 6.07 Å². The van der Waals surface area contributed by atoms with Gasteiger partial charge in [-0.15, -0.1) is 6.42 Å². The van der Waals surface area contributed by atoms with E-state index in [-0.39, 0.29) is 30.2 Å². The van der Waals surface area contributed by atoms with Gasteiger partial charge in [0, 0.05) is 0 Å². The molecule has 0 heterocycles. The number of phenols is 1. The molecule has 0 saturated heterocycles. The number of hydrogen-bond acceptors (Lipinski definition) is 1. The molecule has 0 spiro atoms. The number of aromatic hydroxyl groups is 1. The molecule has 0 fully saturated rings. The van der Waals surface area contributed by atoms with Crippen LogP contribution in [-0.4, -0.2) is 8.92 Å². The van der Waals surface area contributed by atoms with Crippen LogP contribution in [0, 0.1) is 13.0 Å². The van der Waals surface area contributed by atoms with E-state index in [2.05, 4.69) is 107 Å². The molecule has 0 atom stereocenters. The standard InChI is InChI=1S/C13H10.C11H16O.C5H5.2ClH.Ti/c1-3-7-12(8-4-1)11-13-9-5-2-6-10-13;1-8-5-9(11(2,3)4)7-10(12)6-8;1-2-4-5-3-1;;;/h1-10H;5-7,12H,1-4H3;1-3H,4H2;2*1H;/q;;-1;;;+1/p-2. The van der Waals surface area contributed by atoms with E-state index in [0.29, 0.717) is 5.75 Å². The van der Waals surface area contributed by atoms with Crippen molar-refractivity contribution in [3.8, 4) is 5.75 Å². The van der Waals surface area contributed by atoms with Gasteiger partial charge in [-0.3, -0.25) is 6.08 Å². The SMILES string of the molecule is Cc1cc(O)cc(C(C)(C)C)c1.[C-]1=CC=CC1.[Cl-].[Cl-].[Ti+]=[C](c1ccccc1)c1ccccc1. The van der Waals surface area contributed by atoms with Crippen LogP contribution in [0.1, 0.15) is 49.4 Å². The molecule has 33 heavy (non-hydrogen) atoms. The summed E-state index contributed by atoms with van der Waals surface area (Å²) in [4.78, 5) is 0. The quantitative estimate of drug-likeness (QED) is 0.402. The van der Waals surface area contributed by atoms with E-state index in [4.69, 9.17) is 0 Å². The van der Waals surface area contributed by atoms with Crippen molar-refractivity contribution in [2.45, 2.75) is 39.5 Å². The molecule has 1 aliphatic carbocycles. The zero-order valence-corrected chi connectivity index (χ0v) is 22.7. The fourth-order valence-corrected chi connectivity index (χ4v) is 3.43. The summed E-state index contributed by atoms with van der Waals surface area (Å²) in [6, 6.07) is 26.6. The third-order valence-electron chi connectivity index (χ3n) is 4.64. The Hall–Kier alpha value is -1.90. The summed E-state index contributed by atoms with van der Waals surface area (Å²) < 4.78 is 1.33. The van der Waals surface area contributed by atoms with E-state index in [1.165, 1.54) is 20.5 Å². The van der Waals surface area contributed by atoms with Gasteiger partial charge in [0.1, 0.15) is 5.75 Å². The number of rotatable bonds is 2. The second kappa shape index (κ2) is 15.9. The van der Waals surface area contributed by atoms with Crippen LogP contribution in [0.3, 0.4) is 0 Å². The molecule has 1 nitrogen and oxygen atoms in total. The molecule has 0 unspecified atom stereocenters. The van der Waals surface area contributed by atoms with Crippen LogP contribution in [0.5, 0.6) is 5.75 Å². The predicted molar refractivity (Wildman–Crippen MR) is 129 cm³/mol. The van der Waals surface area contributed by atoms with Crippen molar-refractivity contribution in [2.24, 2.45) is 0 Å². The molecular weight excluding hydrogens is 483 g/mol. The van der Waals surface area contributed by atoms with Gasteiger partial charge in [0.05, 0.1) is 0 Å². The van der Waals surface area contributed by atoms with Gasteiger partial charge >= 0.3 is 95.6 Å². The third-order valence-corrected chi connectivity index (χ3v) is 5.54. The average molecular weight is 514 g/mol. The van der Waals surface area contributed by atoms with Gasteiger partial charge in [-0.1, -0.05) is 26.8 Å². The van der Waals surface area contributed by atoms with Gasteiger partial charge in [-0.2, -0.15) is 6.08 Å². The van der Waals surface area contributed by atoms with Crippen LogP contribution in [-0.2, 0) is 25.4 Å². The van der Waals surface area contributed by atoms with Crippen molar-refractivity contribution in [2.75, 3.05) is 0 Å². The van der Waals surface area contributed by atoms with Gasteiger partial charge in [0.15, 0.2) is 0 Å². The molecule has 0 saturated carbocycles. The Morgan fingerprint density at radius 2 is 1.36 bits per heavy atom. The number of allylic oxidation sites excluding steroid dienone is 4. The molecule has 0 amide bonds. The molecule has 1 aliphatic rings. The van der Waals surface area contributed by atoms with Crippen molar-refractivity contribution in [1.29, 1.82) is 0 Å². The Labute approximate surface area is 223 Å². The van der Waals surface area contributed by atoms with Gasteiger partial charge in [0.25, 0.3) is 0 Å². The molecule has 3 aromatic rings. The zero-order chi connectivity index (χ0) is 22.7. The van der Waals surface area contributed by atoms with Crippen LogP contribution in [0.15, 0.2) is 97.1 Å². The number of benzene rings is 3. The van der Waals surface area contributed by atoms with E-state index in [0.717, 1.165) is 12.0 Å². The molecule has 4 heteroatoms. The van der Waals surface area contributed by atoms with Crippen molar-refractivity contribution >= 4 is 3.81 Å². The van der Waals surface area contributed by atoms with Crippen LogP contribution in [0.4, 0.5) is 0 Å². The van der Waals surface area contributed by atoms with Crippen molar-refractivity contribution < 1.29 is 49.9 Å². The first-order chi connectivity index (χ1) is 14.8. The van der Waals surface area contributed by atoms with Crippen molar-refractivity contribution in [1.82, 2.24) is 0 Å². The summed E-state index contributed by atoms with van der Waals surface area (Å²) in [7, 11) is 0. The Kier molecular flexibility index (Phi) is 14.9. The fraction of sp³-hybridized carbons (Fsp3) is 0.207. The molecule has 1 N–H and O–H groups in total. The second-order valence-electron chi connectivity index (χ2n) is 8.42. The summed E-state index contributed by atoms with van der Waals surface area (Å²) in [5.74, 6) is 0.361. The van der Waals surface area contributed by atoms with Crippen LogP contribution in [0.25, 0.3) is 0 Å².